The molecule has 8 aromatic carbocycles. The van der Waals surface area contributed by atoms with Crippen LogP contribution in [-0.2, 0) is 0 Å². The standard InChI is InChI=1S/C50H34N4S/c1-4-14-35(15-5-1)38-18-12-22-43(32-38)53(41-20-8-3-9-21-41)42-29-26-37(27-30-42)49-51-52-50(55-49)40-28-31-46-45-24-10-11-25-47(45)54(48(46)34-40)44-23-13-19-39(33-44)36-16-6-2-7-17-36/h1-34H. The molecule has 0 amide bonds. The first-order valence-electron chi connectivity index (χ1n) is 18.4. The van der Waals surface area contributed by atoms with Gasteiger partial charge in [-0.1, -0.05) is 145 Å². The third-order valence-electron chi connectivity index (χ3n) is 10.2. The maximum absolute atomic E-state index is 4.72. The van der Waals surface area contributed by atoms with Crippen molar-refractivity contribution in [3.8, 4) is 49.1 Å². The normalized spacial score (nSPS) is 11.3. The molecule has 0 unspecified atom stereocenters. The molecule has 0 aliphatic carbocycles. The number of benzene rings is 8. The van der Waals surface area contributed by atoms with Crippen molar-refractivity contribution < 1.29 is 0 Å². The molecule has 0 saturated heterocycles. The molecule has 2 heterocycles. The largest absolute Gasteiger partial charge is 0.310 e. The van der Waals surface area contributed by atoms with Crippen molar-refractivity contribution in [1.82, 2.24) is 14.8 Å². The Morgan fingerprint density at radius 3 is 1.60 bits per heavy atom. The summed E-state index contributed by atoms with van der Waals surface area (Å²) < 4.78 is 2.37. The second-order valence-corrected chi connectivity index (χ2v) is 14.5. The topological polar surface area (TPSA) is 34.0 Å². The highest BCUT2D eigenvalue weighted by molar-refractivity contribution is 7.17. The van der Waals surface area contributed by atoms with Gasteiger partial charge in [0.2, 0.25) is 0 Å². The van der Waals surface area contributed by atoms with Gasteiger partial charge in [0.15, 0.2) is 0 Å². The molecule has 5 heteroatoms. The van der Waals surface area contributed by atoms with E-state index in [0.29, 0.717) is 0 Å². The minimum Gasteiger partial charge on any atom is -0.310 e. The van der Waals surface area contributed by atoms with Gasteiger partial charge in [0, 0.05) is 44.6 Å². The molecular weight excluding hydrogens is 689 g/mol. The van der Waals surface area contributed by atoms with Gasteiger partial charge in [-0.05, 0) is 95.1 Å². The molecule has 2 aromatic heterocycles. The molecule has 260 valence electrons. The first-order valence-corrected chi connectivity index (χ1v) is 19.2. The van der Waals surface area contributed by atoms with E-state index in [4.69, 9.17) is 10.2 Å². The van der Waals surface area contributed by atoms with Crippen LogP contribution in [0, 0.1) is 0 Å². The number of fused-ring (bicyclic) bond motifs is 3. The van der Waals surface area contributed by atoms with E-state index in [2.05, 4.69) is 216 Å². The van der Waals surface area contributed by atoms with Gasteiger partial charge in [-0.2, -0.15) is 0 Å². The molecule has 55 heavy (non-hydrogen) atoms. The highest BCUT2D eigenvalue weighted by Gasteiger charge is 2.17. The van der Waals surface area contributed by atoms with Crippen molar-refractivity contribution in [3.63, 3.8) is 0 Å². The van der Waals surface area contributed by atoms with Crippen LogP contribution in [-0.4, -0.2) is 14.8 Å². The molecule has 10 aromatic rings. The van der Waals surface area contributed by atoms with Crippen molar-refractivity contribution in [2.24, 2.45) is 0 Å². The summed E-state index contributed by atoms with van der Waals surface area (Å²) in [7, 11) is 0. The lowest BCUT2D eigenvalue weighted by atomic mass is 10.0. The second-order valence-electron chi connectivity index (χ2n) is 13.5. The van der Waals surface area contributed by atoms with E-state index in [1.54, 1.807) is 11.3 Å². The van der Waals surface area contributed by atoms with Gasteiger partial charge >= 0.3 is 0 Å². The van der Waals surface area contributed by atoms with E-state index >= 15 is 0 Å². The number of aromatic nitrogens is 3. The number of nitrogens with zero attached hydrogens (tertiary/aromatic N) is 4. The van der Waals surface area contributed by atoms with Gasteiger partial charge in [0.1, 0.15) is 10.0 Å². The maximum atomic E-state index is 4.72. The average Bonchev–Trinajstić information content (AvgIpc) is 3.89. The molecule has 0 aliphatic rings. The molecule has 0 bridgehead atoms. The second kappa shape index (κ2) is 14.0. The molecular formula is C50H34N4S. The van der Waals surface area contributed by atoms with Gasteiger partial charge in [-0.25, -0.2) is 0 Å². The lowest BCUT2D eigenvalue weighted by Gasteiger charge is -2.26. The third-order valence-corrected chi connectivity index (χ3v) is 11.2. The molecule has 0 fully saturated rings. The predicted octanol–water partition coefficient (Wildman–Crippen LogP) is 13.8. The van der Waals surface area contributed by atoms with E-state index in [1.807, 2.05) is 0 Å². The average molecular weight is 723 g/mol. The van der Waals surface area contributed by atoms with Crippen molar-refractivity contribution >= 4 is 50.2 Å². The summed E-state index contributed by atoms with van der Waals surface area (Å²) in [5.41, 5.74) is 13.5. The van der Waals surface area contributed by atoms with E-state index in [9.17, 15) is 0 Å². The van der Waals surface area contributed by atoms with Crippen LogP contribution in [0.15, 0.2) is 206 Å². The summed E-state index contributed by atoms with van der Waals surface area (Å²) >= 11 is 1.62. The van der Waals surface area contributed by atoms with Crippen molar-refractivity contribution in [3.05, 3.63) is 206 Å². The fourth-order valence-corrected chi connectivity index (χ4v) is 8.37. The number of anilines is 3. The van der Waals surface area contributed by atoms with E-state index in [0.717, 1.165) is 49.4 Å². The third kappa shape index (κ3) is 6.17. The van der Waals surface area contributed by atoms with Crippen LogP contribution in [0.25, 0.3) is 70.9 Å². The molecule has 10 rings (SSSR count). The van der Waals surface area contributed by atoms with Crippen molar-refractivity contribution in [2.45, 2.75) is 0 Å². The van der Waals surface area contributed by atoms with Gasteiger partial charge in [-0.15, -0.1) is 10.2 Å². The SMILES string of the molecule is c1ccc(-c2cccc(N(c3ccccc3)c3ccc(-c4nnc(-c5ccc6c7ccccc7n(-c7cccc(-c8ccccc8)c7)c6c5)s4)cc3)c2)cc1. The molecule has 0 radical (unpaired) electrons. The summed E-state index contributed by atoms with van der Waals surface area (Å²) in [4.78, 5) is 2.30. The Labute approximate surface area is 323 Å². The Morgan fingerprint density at radius 1 is 0.345 bits per heavy atom. The van der Waals surface area contributed by atoms with E-state index in [-0.39, 0.29) is 0 Å². The smallest absolute Gasteiger partial charge is 0.148 e. The molecule has 0 atom stereocenters. The lowest BCUT2D eigenvalue weighted by molar-refractivity contribution is 1.10. The van der Waals surface area contributed by atoms with Crippen LogP contribution < -0.4 is 4.90 Å². The first kappa shape index (κ1) is 32.6. The summed E-state index contributed by atoms with van der Waals surface area (Å²) in [6, 6.07) is 73.1. The Morgan fingerprint density at radius 2 is 0.873 bits per heavy atom. The number of hydrogen-bond acceptors (Lipinski definition) is 4. The maximum Gasteiger partial charge on any atom is 0.148 e. The zero-order chi connectivity index (χ0) is 36.6. The predicted molar refractivity (Wildman–Crippen MR) is 231 cm³/mol. The summed E-state index contributed by atoms with van der Waals surface area (Å²) in [6.07, 6.45) is 0. The first-order chi connectivity index (χ1) is 27.3. The molecule has 4 nitrogen and oxygen atoms in total. The number of rotatable bonds is 8. The number of para-hydroxylation sites is 2. The van der Waals surface area contributed by atoms with Gasteiger partial charge in [0.05, 0.1) is 11.0 Å². The van der Waals surface area contributed by atoms with Crippen molar-refractivity contribution in [1.29, 1.82) is 0 Å². The Hall–Kier alpha value is -7.08. The summed E-state index contributed by atoms with van der Waals surface area (Å²) in [5, 5.41) is 13.6. The van der Waals surface area contributed by atoms with Gasteiger partial charge < -0.3 is 9.47 Å². The Kier molecular flexibility index (Phi) is 8.32. The minimum absolute atomic E-state index is 0.884. The van der Waals surface area contributed by atoms with Crippen LogP contribution >= 0.6 is 11.3 Å². The fraction of sp³-hybridized carbons (Fsp3) is 0. The van der Waals surface area contributed by atoms with Crippen LogP contribution in [0.3, 0.4) is 0 Å². The van der Waals surface area contributed by atoms with Crippen LogP contribution in [0.4, 0.5) is 17.1 Å². The summed E-state index contributed by atoms with van der Waals surface area (Å²) in [6.45, 7) is 0. The number of hydrogen-bond donors (Lipinski definition) is 0. The molecule has 0 N–H and O–H groups in total. The van der Waals surface area contributed by atoms with Crippen LogP contribution in [0.1, 0.15) is 0 Å². The molecule has 0 spiro atoms. The van der Waals surface area contributed by atoms with E-state index < -0.39 is 0 Å². The van der Waals surface area contributed by atoms with Gasteiger partial charge in [0.25, 0.3) is 0 Å². The lowest BCUT2D eigenvalue weighted by Crippen LogP contribution is -2.09. The zero-order valence-electron chi connectivity index (χ0n) is 29.8. The Balaban J connectivity index is 0.998. The van der Waals surface area contributed by atoms with E-state index in [1.165, 1.54) is 38.5 Å². The van der Waals surface area contributed by atoms with Gasteiger partial charge in [-0.3, -0.25) is 0 Å². The highest BCUT2D eigenvalue weighted by atomic mass is 32.1. The summed E-state index contributed by atoms with van der Waals surface area (Å²) in [5.74, 6) is 0. The van der Waals surface area contributed by atoms with Crippen molar-refractivity contribution in [2.75, 3.05) is 4.90 Å². The Bertz CT molecular complexity index is 2910. The highest BCUT2D eigenvalue weighted by Crippen LogP contribution is 2.40. The van der Waals surface area contributed by atoms with Crippen LogP contribution in [0.2, 0.25) is 0 Å². The zero-order valence-corrected chi connectivity index (χ0v) is 30.6. The quantitative estimate of drug-likeness (QED) is 0.157. The minimum atomic E-state index is 0.884. The monoisotopic (exact) mass is 722 g/mol. The molecule has 0 aliphatic heterocycles. The van der Waals surface area contributed by atoms with Crippen LogP contribution in [0.5, 0.6) is 0 Å². The fourth-order valence-electron chi connectivity index (χ4n) is 7.53. The molecule has 0 saturated carbocycles.